The van der Waals surface area contributed by atoms with Crippen molar-refractivity contribution in [1.82, 2.24) is 9.13 Å². The van der Waals surface area contributed by atoms with E-state index in [9.17, 15) is 27.6 Å². The van der Waals surface area contributed by atoms with Gasteiger partial charge in [-0.15, -0.1) is 0 Å². The van der Waals surface area contributed by atoms with E-state index in [0.29, 0.717) is 0 Å². The summed E-state index contributed by atoms with van der Waals surface area (Å²) in [5.74, 6) is -2.20. The molecule has 3 aromatic rings. The summed E-state index contributed by atoms with van der Waals surface area (Å²) < 4.78 is 30.2. The number of anilines is 1. The van der Waals surface area contributed by atoms with E-state index >= 15 is 0 Å². The molecule has 0 unspecified atom stereocenters. The fourth-order valence-electron chi connectivity index (χ4n) is 3.10. The molecular weight excluding hydrogens is 450 g/mol. The van der Waals surface area contributed by atoms with Crippen LogP contribution in [0.2, 0.25) is 0 Å². The van der Waals surface area contributed by atoms with Crippen molar-refractivity contribution in [3.05, 3.63) is 92.1 Å². The summed E-state index contributed by atoms with van der Waals surface area (Å²) in [5.41, 5.74) is 4.55. The third-order valence-corrected chi connectivity index (χ3v) is 5.99. The van der Waals surface area contributed by atoms with Crippen molar-refractivity contribution < 1.29 is 22.7 Å². The molecule has 0 bridgehead atoms. The number of ether oxygens (including phenoxy) is 1. The number of nitrogens with two attached hydrogens (primary N) is 1. The van der Waals surface area contributed by atoms with Crippen LogP contribution in [0.5, 0.6) is 0 Å². The van der Waals surface area contributed by atoms with Gasteiger partial charge in [-0.2, -0.15) is 0 Å². The van der Waals surface area contributed by atoms with Gasteiger partial charge in [0.25, 0.3) is 5.56 Å². The first-order chi connectivity index (χ1) is 15.5. The number of benzene rings is 2. The lowest BCUT2D eigenvalue weighted by Crippen LogP contribution is -2.43. The van der Waals surface area contributed by atoms with Gasteiger partial charge >= 0.3 is 11.7 Å². The van der Waals surface area contributed by atoms with Crippen LogP contribution in [0.3, 0.4) is 0 Å². The second-order valence-electron chi connectivity index (χ2n) is 7.28. The summed E-state index contributed by atoms with van der Waals surface area (Å²) in [4.78, 5) is 50.1. The molecule has 0 saturated heterocycles. The molecule has 11 heteroatoms. The van der Waals surface area contributed by atoms with Crippen molar-refractivity contribution in [2.24, 2.45) is 7.05 Å². The molecule has 0 amide bonds. The van der Waals surface area contributed by atoms with Gasteiger partial charge < -0.3 is 10.5 Å². The summed E-state index contributed by atoms with van der Waals surface area (Å²) in [5, 5.41) is 0. The number of carbonyl (C=O) groups is 2. The fourth-order valence-corrected chi connectivity index (χ4v) is 3.77. The molecule has 0 aliphatic carbocycles. The molecule has 0 fully saturated rings. The number of hydrogen-bond acceptors (Lipinski definition) is 8. The minimum Gasteiger partial charge on any atom is -0.454 e. The molecule has 3 rings (SSSR count). The monoisotopic (exact) mass is 471 g/mol. The number of esters is 1. The molecule has 0 saturated carbocycles. The number of nitrogens with zero attached hydrogens (tertiary/aromatic N) is 2. The van der Waals surface area contributed by atoms with Gasteiger partial charge in [0.05, 0.1) is 17.0 Å². The van der Waals surface area contributed by atoms with Gasteiger partial charge in [0.2, 0.25) is 5.78 Å². The molecular formula is C22H21N3O7S. The third-order valence-electron chi connectivity index (χ3n) is 4.88. The van der Waals surface area contributed by atoms with Crippen molar-refractivity contribution >= 4 is 27.4 Å². The number of aromatic nitrogens is 2. The maximum absolute atomic E-state index is 12.7. The molecule has 10 nitrogen and oxygen atoms in total. The van der Waals surface area contributed by atoms with Crippen LogP contribution in [0.25, 0.3) is 0 Å². The zero-order chi connectivity index (χ0) is 24.3. The highest BCUT2D eigenvalue weighted by molar-refractivity contribution is 7.90. The Morgan fingerprint density at radius 1 is 1.03 bits per heavy atom. The lowest BCUT2D eigenvalue weighted by molar-refractivity contribution is 0.0474. The van der Waals surface area contributed by atoms with E-state index in [0.717, 1.165) is 27.0 Å². The Bertz CT molecular complexity index is 1460. The summed E-state index contributed by atoms with van der Waals surface area (Å²) in [7, 11) is -2.34. The van der Waals surface area contributed by atoms with E-state index in [2.05, 4.69) is 0 Å². The second-order valence-corrected chi connectivity index (χ2v) is 9.29. The lowest BCUT2D eigenvalue weighted by Gasteiger charge is -2.14. The molecule has 0 aliphatic heterocycles. The van der Waals surface area contributed by atoms with Crippen LogP contribution in [-0.2, 0) is 28.2 Å². The van der Waals surface area contributed by atoms with Crippen molar-refractivity contribution in [3.63, 3.8) is 0 Å². The van der Waals surface area contributed by atoms with E-state index in [-0.39, 0.29) is 22.8 Å². The first kappa shape index (κ1) is 23.7. The zero-order valence-corrected chi connectivity index (χ0v) is 18.7. The minimum absolute atomic E-state index is 0.0258. The van der Waals surface area contributed by atoms with Crippen molar-refractivity contribution in [2.75, 3.05) is 18.6 Å². The topological polar surface area (TPSA) is 148 Å². The van der Waals surface area contributed by atoms with Crippen LogP contribution in [-0.4, -0.2) is 42.2 Å². The van der Waals surface area contributed by atoms with Gasteiger partial charge in [0.15, 0.2) is 16.4 Å². The predicted molar refractivity (Wildman–Crippen MR) is 120 cm³/mol. The predicted octanol–water partition coefficient (Wildman–Crippen LogP) is 0.621. The highest BCUT2D eigenvalue weighted by Crippen LogP contribution is 2.13. The number of rotatable bonds is 7. The van der Waals surface area contributed by atoms with Gasteiger partial charge in [-0.1, -0.05) is 36.4 Å². The van der Waals surface area contributed by atoms with Crippen LogP contribution in [0.1, 0.15) is 26.3 Å². The molecule has 0 radical (unpaired) electrons. The van der Waals surface area contributed by atoms with Crippen LogP contribution >= 0.6 is 0 Å². The maximum Gasteiger partial charge on any atom is 0.338 e. The molecule has 1 aromatic heterocycles. The van der Waals surface area contributed by atoms with Crippen LogP contribution < -0.4 is 17.0 Å². The molecule has 2 N–H and O–H groups in total. The number of sulfone groups is 1. The van der Waals surface area contributed by atoms with Crippen LogP contribution in [0.4, 0.5) is 5.82 Å². The van der Waals surface area contributed by atoms with Gasteiger partial charge in [-0.25, -0.2) is 18.0 Å². The smallest absolute Gasteiger partial charge is 0.338 e. The number of carbonyl (C=O) groups excluding carboxylic acids is 2. The summed E-state index contributed by atoms with van der Waals surface area (Å²) in [6.07, 6.45) is 0.990. The Balaban J connectivity index is 1.88. The number of Topliss-reactive ketones (excluding diaryl/α,β-unsaturated/α-hetero) is 1. The molecule has 172 valence electrons. The van der Waals surface area contributed by atoms with Gasteiger partial charge in [0.1, 0.15) is 11.4 Å². The number of ketones is 1. The van der Waals surface area contributed by atoms with Gasteiger partial charge in [0, 0.05) is 13.3 Å². The SMILES string of the molecule is Cn1c(=O)c(C(=O)COC(=O)c2cccc(S(C)(=O)=O)c2)c(N)n(Cc2ccccc2)c1=O. The molecule has 0 atom stereocenters. The van der Waals surface area contributed by atoms with Crippen LogP contribution in [0, 0.1) is 0 Å². The molecule has 33 heavy (non-hydrogen) atoms. The van der Waals surface area contributed by atoms with E-state index in [1.54, 1.807) is 30.3 Å². The van der Waals surface area contributed by atoms with E-state index in [4.69, 9.17) is 10.5 Å². The Kier molecular flexibility index (Phi) is 6.63. The maximum atomic E-state index is 12.7. The standard InChI is InChI=1S/C22H21N3O7S/c1-24-20(27)18(19(23)25(22(24)29)12-14-7-4-3-5-8-14)17(26)13-32-21(28)15-9-6-10-16(11-15)33(2,30)31/h3-11H,12-13,23H2,1-2H3. The number of nitrogen functional groups attached to an aromatic ring is 1. The highest BCUT2D eigenvalue weighted by atomic mass is 32.2. The van der Waals surface area contributed by atoms with Crippen molar-refractivity contribution in [2.45, 2.75) is 11.4 Å². The average Bonchev–Trinajstić information content (AvgIpc) is 2.79. The quantitative estimate of drug-likeness (QED) is 0.390. The van der Waals surface area contributed by atoms with Gasteiger partial charge in [-0.3, -0.25) is 18.7 Å². The first-order valence-electron chi connectivity index (χ1n) is 9.64. The summed E-state index contributed by atoms with van der Waals surface area (Å²) in [6.45, 7) is -0.803. The zero-order valence-electron chi connectivity index (χ0n) is 17.8. The van der Waals surface area contributed by atoms with E-state index < -0.39 is 45.0 Å². The molecule has 0 aliphatic rings. The van der Waals surface area contributed by atoms with Crippen molar-refractivity contribution in [1.29, 1.82) is 0 Å². The Hall–Kier alpha value is -3.99. The fraction of sp³-hybridized carbons (Fsp3) is 0.182. The lowest BCUT2D eigenvalue weighted by atomic mass is 10.2. The van der Waals surface area contributed by atoms with E-state index in [1.807, 2.05) is 0 Å². The highest BCUT2D eigenvalue weighted by Gasteiger charge is 2.23. The second kappa shape index (κ2) is 9.25. The summed E-state index contributed by atoms with van der Waals surface area (Å²) in [6, 6.07) is 14.0. The Morgan fingerprint density at radius 2 is 1.70 bits per heavy atom. The Labute approximate surface area is 188 Å². The third kappa shape index (κ3) is 5.09. The normalized spacial score (nSPS) is 11.2. The number of hydrogen-bond donors (Lipinski definition) is 1. The molecule has 0 spiro atoms. The van der Waals surface area contributed by atoms with Crippen LogP contribution in [0.15, 0.2) is 69.1 Å². The minimum atomic E-state index is -3.55. The first-order valence-corrected chi connectivity index (χ1v) is 11.5. The van der Waals surface area contributed by atoms with E-state index in [1.165, 1.54) is 25.2 Å². The van der Waals surface area contributed by atoms with Gasteiger partial charge in [-0.05, 0) is 23.8 Å². The van der Waals surface area contributed by atoms with Crippen molar-refractivity contribution in [3.8, 4) is 0 Å². The largest absolute Gasteiger partial charge is 0.454 e. The molecule has 1 heterocycles. The Morgan fingerprint density at radius 3 is 2.33 bits per heavy atom. The summed E-state index contributed by atoms with van der Waals surface area (Å²) >= 11 is 0. The molecule has 2 aromatic carbocycles. The average molecular weight is 471 g/mol.